The molecule has 0 radical (unpaired) electrons. The first kappa shape index (κ1) is 16.2. The van der Waals surface area contributed by atoms with Gasteiger partial charge in [0.1, 0.15) is 5.15 Å². The highest BCUT2D eigenvalue weighted by Gasteiger charge is 2.16. The number of halogens is 1. The minimum absolute atomic E-state index is 0.124. The average Bonchev–Trinajstić information content (AvgIpc) is 2.31. The van der Waals surface area contributed by atoms with Crippen molar-refractivity contribution in [2.45, 2.75) is 39.2 Å². The van der Waals surface area contributed by atoms with Crippen LogP contribution in [-0.2, 0) is 17.2 Å². The normalized spacial score (nSPS) is 14.3. The average molecular weight is 307 g/mol. The number of aromatic amines is 1. The fraction of sp³-hybridized carbons (Fsp3) is 0.667. The molecule has 0 amide bonds. The first-order valence-corrected chi connectivity index (χ1v) is 8.32. The molecule has 1 rings (SSSR count). The molecule has 1 aromatic rings. The molecule has 0 fully saturated rings. The second kappa shape index (κ2) is 7.05. The van der Waals surface area contributed by atoms with Gasteiger partial charge in [0, 0.05) is 28.9 Å². The van der Waals surface area contributed by atoms with Crippen molar-refractivity contribution < 1.29 is 4.21 Å². The Morgan fingerprint density at radius 2 is 2.05 bits per heavy atom. The fourth-order valence-corrected chi connectivity index (χ4v) is 2.82. The van der Waals surface area contributed by atoms with Crippen molar-refractivity contribution in [3.63, 3.8) is 0 Å². The van der Waals surface area contributed by atoms with Gasteiger partial charge in [-0.3, -0.25) is 18.6 Å². The summed E-state index contributed by atoms with van der Waals surface area (Å²) in [5, 5.41) is 0.124. The second-order valence-corrected chi connectivity index (χ2v) is 6.50. The molecule has 5 nitrogen and oxygen atoms in total. The van der Waals surface area contributed by atoms with E-state index in [4.69, 9.17) is 11.6 Å². The maximum atomic E-state index is 12.3. The highest BCUT2D eigenvalue weighted by molar-refractivity contribution is 7.84. The lowest BCUT2D eigenvalue weighted by molar-refractivity contribution is 0.486. The van der Waals surface area contributed by atoms with E-state index in [1.807, 2.05) is 6.92 Å². The largest absolute Gasteiger partial charge is 0.329 e. The van der Waals surface area contributed by atoms with Gasteiger partial charge in [0.2, 0.25) is 0 Å². The van der Waals surface area contributed by atoms with Gasteiger partial charge in [0.05, 0.1) is 5.56 Å². The van der Waals surface area contributed by atoms with Gasteiger partial charge >= 0.3 is 5.69 Å². The van der Waals surface area contributed by atoms with E-state index in [0.717, 1.165) is 6.42 Å². The van der Waals surface area contributed by atoms with E-state index in [1.54, 1.807) is 13.2 Å². The predicted octanol–water partition coefficient (Wildman–Crippen LogP) is 1.47. The molecule has 7 heteroatoms. The summed E-state index contributed by atoms with van der Waals surface area (Å²) in [6.45, 7) is 3.71. The minimum Gasteiger partial charge on any atom is -0.297 e. The standard InChI is InChI=1S/C12H19ClN2O3S/c1-4-5-9-10(13)14-12(17)15(11(9)16)8(2)6-7-19(3)18/h8H,4-7H2,1-3H3,(H,14,17). The molecule has 0 spiro atoms. The Morgan fingerprint density at radius 3 is 2.58 bits per heavy atom. The smallest absolute Gasteiger partial charge is 0.297 e. The second-order valence-electron chi connectivity index (χ2n) is 4.56. The molecule has 1 aromatic heterocycles. The summed E-state index contributed by atoms with van der Waals surface area (Å²) < 4.78 is 12.3. The third-order valence-corrected chi connectivity index (χ3v) is 4.07. The van der Waals surface area contributed by atoms with Crippen LogP contribution in [0.4, 0.5) is 0 Å². The molecule has 0 aliphatic rings. The lowest BCUT2D eigenvalue weighted by Gasteiger charge is -2.15. The van der Waals surface area contributed by atoms with Crippen molar-refractivity contribution in [3.8, 4) is 0 Å². The Balaban J connectivity index is 3.20. The first-order chi connectivity index (χ1) is 8.88. The number of hydrogen-bond acceptors (Lipinski definition) is 3. The van der Waals surface area contributed by atoms with Crippen LogP contribution in [0.3, 0.4) is 0 Å². The number of nitrogens with zero attached hydrogens (tertiary/aromatic N) is 1. The number of rotatable bonds is 6. The highest BCUT2D eigenvalue weighted by Crippen LogP contribution is 2.11. The van der Waals surface area contributed by atoms with E-state index in [-0.39, 0.29) is 16.8 Å². The molecule has 0 bridgehead atoms. The lowest BCUT2D eigenvalue weighted by atomic mass is 10.2. The summed E-state index contributed by atoms with van der Waals surface area (Å²) in [7, 11) is -0.940. The molecule has 0 saturated carbocycles. The van der Waals surface area contributed by atoms with Crippen LogP contribution < -0.4 is 11.2 Å². The van der Waals surface area contributed by atoms with Gasteiger partial charge in [-0.15, -0.1) is 0 Å². The van der Waals surface area contributed by atoms with Crippen LogP contribution in [0.1, 0.15) is 38.3 Å². The Morgan fingerprint density at radius 1 is 1.42 bits per heavy atom. The van der Waals surface area contributed by atoms with Gasteiger partial charge in [-0.05, 0) is 19.8 Å². The van der Waals surface area contributed by atoms with Crippen LogP contribution in [0.5, 0.6) is 0 Å². The van der Waals surface area contributed by atoms with Crippen molar-refractivity contribution in [1.29, 1.82) is 0 Å². The highest BCUT2D eigenvalue weighted by atomic mass is 35.5. The fourth-order valence-electron chi connectivity index (χ4n) is 1.89. The zero-order valence-corrected chi connectivity index (χ0v) is 12.9. The van der Waals surface area contributed by atoms with Crippen LogP contribution in [0.15, 0.2) is 9.59 Å². The topological polar surface area (TPSA) is 71.9 Å². The van der Waals surface area contributed by atoms with Gasteiger partial charge in [0.15, 0.2) is 0 Å². The maximum Gasteiger partial charge on any atom is 0.329 e. The third kappa shape index (κ3) is 4.04. The van der Waals surface area contributed by atoms with Crippen molar-refractivity contribution in [1.82, 2.24) is 9.55 Å². The monoisotopic (exact) mass is 306 g/mol. The quantitative estimate of drug-likeness (QED) is 0.809. The first-order valence-electron chi connectivity index (χ1n) is 6.21. The molecule has 0 aliphatic carbocycles. The van der Waals surface area contributed by atoms with E-state index in [1.165, 1.54) is 4.57 Å². The zero-order chi connectivity index (χ0) is 14.6. The van der Waals surface area contributed by atoms with Crippen molar-refractivity contribution in [2.24, 2.45) is 0 Å². The number of aromatic nitrogens is 2. The van der Waals surface area contributed by atoms with Crippen LogP contribution >= 0.6 is 11.6 Å². The van der Waals surface area contributed by atoms with Crippen LogP contribution in [0.2, 0.25) is 5.15 Å². The molecule has 2 atom stereocenters. The Labute approximate surface area is 119 Å². The summed E-state index contributed by atoms with van der Waals surface area (Å²) in [5.41, 5.74) is -0.414. The number of H-pyrrole nitrogens is 1. The molecule has 108 valence electrons. The van der Waals surface area contributed by atoms with Crippen molar-refractivity contribution in [3.05, 3.63) is 31.6 Å². The van der Waals surface area contributed by atoms with Gasteiger partial charge in [0.25, 0.3) is 5.56 Å². The third-order valence-electron chi connectivity index (χ3n) is 2.94. The maximum absolute atomic E-state index is 12.3. The number of hydrogen-bond donors (Lipinski definition) is 1. The minimum atomic E-state index is -0.940. The lowest BCUT2D eigenvalue weighted by Crippen LogP contribution is -2.39. The molecule has 0 saturated heterocycles. The zero-order valence-electron chi connectivity index (χ0n) is 11.4. The van der Waals surface area contributed by atoms with Crippen LogP contribution in [0, 0.1) is 0 Å². The summed E-state index contributed by atoms with van der Waals surface area (Å²) in [5.74, 6) is 0.457. The molecule has 19 heavy (non-hydrogen) atoms. The van der Waals surface area contributed by atoms with E-state index in [0.29, 0.717) is 24.2 Å². The Hall–Kier alpha value is -0.880. The molecular weight excluding hydrogens is 288 g/mol. The molecule has 2 unspecified atom stereocenters. The van der Waals surface area contributed by atoms with Gasteiger partial charge in [-0.2, -0.15) is 0 Å². The number of nitrogens with one attached hydrogen (secondary N) is 1. The van der Waals surface area contributed by atoms with Crippen molar-refractivity contribution in [2.75, 3.05) is 12.0 Å². The van der Waals surface area contributed by atoms with Gasteiger partial charge in [-0.1, -0.05) is 24.9 Å². The van der Waals surface area contributed by atoms with E-state index in [2.05, 4.69) is 4.98 Å². The Bertz CT molecular complexity index is 579. The Kier molecular flexibility index (Phi) is 6.00. The van der Waals surface area contributed by atoms with Gasteiger partial charge in [-0.25, -0.2) is 4.79 Å². The van der Waals surface area contributed by atoms with Crippen molar-refractivity contribution >= 4 is 22.4 Å². The van der Waals surface area contributed by atoms with Crippen LogP contribution in [0.25, 0.3) is 0 Å². The van der Waals surface area contributed by atoms with Crippen LogP contribution in [-0.4, -0.2) is 25.8 Å². The molecule has 0 aromatic carbocycles. The summed E-state index contributed by atoms with van der Waals surface area (Å²) in [6.07, 6.45) is 3.42. The van der Waals surface area contributed by atoms with E-state index >= 15 is 0 Å². The molecular formula is C12H19ClN2O3S. The molecule has 0 aliphatic heterocycles. The molecule has 1 N–H and O–H groups in total. The molecule has 1 heterocycles. The summed E-state index contributed by atoms with van der Waals surface area (Å²) >= 11 is 5.90. The van der Waals surface area contributed by atoms with Gasteiger partial charge < -0.3 is 0 Å². The SMILES string of the molecule is CCCc1c(Cl)[nH]c(=O)n(C(C)CCS(C)=O)c1=O. The summed E-state index contributed by atoms with van der Waals surface area (Å²) in [6, 6.07) is -0.298. The van der Waals surface area contributed by atoms with E-state index in [9.17, 15) is 13.8 Å². The predicted molar refractivity (Wildman–Crippen MR) is 78.6 cm³/mol. The van der Waals surface area contributed by atoms with E-state index < -0.39 is 16.5 Å². The summed E-state index contributed by atoms with van der Waals surface area (Å²) in [4.78, 5) is 26.6.